The summed E-state index contributed by atoms with van der Waals surface area (Å²) in [5, 5.41) is 0. The van der Waals surface area contributed by atoms with Gasteiger partial charge >= 0.3 is 0 Å². The number of sulfonamides is 1. The van der Waals surface area contributed by atoms with Gasteiger partial charge in [-0.3, -0.25) is 9.29 Å². The van der Waals surface area contributed by atoms with E-state index in [2.05, 4.69) is 27.6 Å². The molecule has 31 heavy (non-hydrogen) atoms. The van der Waals surface area contributed by atoms with Crippen molar-refractivity contribution >= 4 is 44.1 Å². The number of allylic oxidation sites excluding steroid dienone is 1. The molecule has 0 radical (unpaired) electrons. The molecule has 5 rings (SSSR count). The molecule has 0 fully saturated rings. The van der Waals surface area contributed by atoms with Crippen molar-refractivity contribution in [2.75, 3.05) is 7.05 Å². The lowest BCUT2D eigenvalue weighted by atomic mass is 9.93. The predicted molar refractivity (Wildman–Crippen MR) is 123 cm³/mol. The zero-order chi connectivity index (χ0) is 22.1. The summed E-state index contributed by atoms with van der Waals surface area (Å²) in [5.74, 6) is -2.02. The normalized spacial score (nSPS) is 22.9. The number of halogens is 3. The molecular weight excluding hydrogens is 535 g/mol. The van der Waals surface area contributed by atoms with Crippen molar-refractivity contribution in [3.8, 4) is 0 Å². The van der Waals surface area contributed by atoms with Gasteiger partial charge in [0.05, 0.1) is 26.4 Å². The van der Waals surface area contributed by atoms with Gasteiger partial charge in [-0.25, -0.2) is 17.2 Å². The molecule has 2 aliphatic heterocycles. The molecule has 9 heteroatoms. The van der Waals surface area contributed by atoms with E-state index in [9.17, 15) is 8.42 Å². The zero-order valence-electron chi connectivity index (χ0n) is 16.7. The SMILES string of the molecule is Cc1ccc(S(=O)(=O)N2C3=C4C(=CN(C)C4CC2I)C(F)=C(F)c2cccnc23)cc1. The van der Waals surface area contributed by atoms with Crippen LogP contribution in [0.15, 0.2) is 70.7 Å². The summed E-state index contributed by atoms with van der Waals surface area (Å²) in [5.41, 5.74) is 1.79. The second-order valence-corrected chi connectivity index (χ2v) is 11.1. The Morgan fingerprint density at radius 2 is 1.84 bits per heavy atom. The maximum absolute atomic E-state index is 15.2. The van der Waals surface area contributed by atoms with Crippen LogP contribution in [0.4, 0.5) is 8.78 Å². The Labute approximate surface area is 193 Å². The molecule has 0 amide bonds. The highest BCUT2D eigenvalue weighted by atomic mass is 127. The molecule has 0 spiro atoms. The van der Waals surface area contributed by atoms with Gasteiger partial charge in [0.2, 0.25) is 0 Å². The molecule has 5 nitrogen and oxygen atoms in total. The van der Waals surface area contributed by atoms with Gasteiger partial charge in [-0.2, -0.15) is 0 Å². The summed E-state index contributed by atoms with van der Waals surface area (Å²) in [6, 6.07) is 9.24. The van der Waals surface area contributed by atoms with Crippen LogP contribution < -0.4 is 0 Å². The third-order valence-electron chi connectivity index (χ3n) is 5.87. The number of hydrogen-bond donors (Lipinski definition) is 0. The fourth-order valence-corrected chi connectivity index (χ4v) is 7.54. The van der Waals surface area contributed by atoms with E-state index in [1.54, 1.807) is 37.5 Å². The lowest BCUT2D eigenvalue weighted by Gasteiger charge is -2.40. The van der Waals surface area contributed by atoms with Crippen LogP contribution >= 0.6 is 22.6 Å². The number of aryl methyl sites for hydroxylation is 1. The molecule has 2 unspecified atom stereocenters. The number of alkyl halides is 1. The Bertz CT molecular complexity index is 1300. The lowest BCUT2D eigenvalue weighted by molar-refractivity contribution is 0.331. The van der Waals surface area contributed by atoms with Crippen LogP contribution in [0.25, 0.3) is 11.5 Å². The minimum absolute atomic E-state index is 0.0474. The minimum Gasteiger partial charge on any atom is -0.373 e. The predicted octanol–water partition coefficient (Wildman–Crippen LogP) is 4.78. The molecular formula is C22H18F2IN3O2S. The molecule has 3 heterocycles. The van der Waals surface area contributed by atoms with E-state index in [1.807, 2.05) is 11.8 Å². The van der Waals surface area contributed by atoms with Crippen LogP contribution in [0.2, 0.25) is 0 Å². The number of fused-ring (bicyclic) bond motifs is 2. The van der Waals surface area contributed by atoms with E-state index in [4.69, 9.17) is 0 Å². The zero-order valence-corrected chi connectivity index (χ0v) is 19.7. The summed E-state index contributed by atoms with van der Waals surface area (Å²) < 4.78 is 58.8. The lowest BCUT2D eigenvalue weighted by Crippen LogP contribution is -2.45. The van der Waals surface area contributed by atoms with Crippen molar-refractivity contribution in [3.05, 3.63) is 82.6 Å². The fraction of sp³-hybridized carbons (Fsp3) is 0.227. The molecule has 2 aromatic rings. The molecule has 1 aliphatic carbocycles. The second kappa shape index (κ2) is 7.13. The highest BCUT2D eigenvalue weighted by Gasteiger charge is 2.48. The van der Waals surface area contributed by atoms with E-state index in [1.165, 1.54) is 22.6 Å². The number of hydrogen-bond acceptors (Lipinski definition) is 4. The van der Waals surface area contributed by atoms with E-state index in [0.29, 0.717) is 12.0 Å². The molecule has 3 aliphatic rings. The fourth-order valence-electron chi connectivity index (χ4n) is 4.36. The van der Waals surface area contributed by atoms with E-state index >= 15 is 8.78 Å². The molecule has 0 saturated carbocycles. The Balaban J connectivity index is 1.83. The van der Waals surface area contributed by atoms with Crippen LogP contribution in [-0.2, 0) is 10.0 Å². The summed E-state index contributed by atoms with van der Waals surface area (Å²) in [6.07, 6.45) is 3.44. The number of pyridine rings is 1. The highest BCUT2D eigenvalue weighted by Crippen LogP contribution is 2.52. The molecule has 1 aromatic heterocycles. The van der Waals surface area contributed by atoms with Crippen molar-refractivity contribution in [2.24, 2.45) is 0 Å². The molecule has 2 atom stereocenters. The van der Waals surface area contributed by atoms with Gasteiger partial charge in [0.15, 0.2) is 11.7 Å². The maximum atomic E-state index is 15.2. The minimum atomic E-state index is -4.01. The van der Waals surface area contributed by atoms with E-state index < -0.39 is 25.7 Å². The number of likely N-dealkylation sites (N-methyl/N-ethyl adjacent to an activating group) is 1. The third kappa shape index (κ3) is 2.96. The molecule has 160 valence electrons. The van der Waals surface area contributed by atoms with Crippen LogP contribution in [0.3, 0.4) is 0 Å². The summed E-state index contributed by atoms with van der Waals surface area (Å²) >= 11 is 2.09. The topological polar surface area (TPSA) is 53.5 Å². The summed E-state index contributed by atoms with van der Waals surface area (Å²) in [4.78, 5) is 6.26. The van der Waals surface area contributed by atoms with E-state index in [-0.39, 0.29) is 33.5 Å². The smallest absolute Gasteiger partial charge is 0.265 e. The standard InChI is InChI=1S/C22H18F2IN3O2S/c1-12-5-7-13(8-6-12)31(29,30)28-17(25)10-16-18-15(11-27(16)2)20(24)19(23)14-4-3-9-26-21(14)22(18)28/h3-9,11,16-17H,10H2,1-2H3. The van der Waals surface area contributed by atoms with Crippen LogP contribution in [0.1, 0.15) is 23.2 Å². The van der Waals surface area contributed by atoms with Gasteiger partial charge in [-0.05, 0) is 31.2 Å². The number of benzene rings is 1. The Kier molecular flexibility index (Phi) is 4.74. The first-order valence-electron chi connectivity index (χ1n) is 9.66. The first kappa shape index (κ1) is 20.6. The average Bonchev–Trinajstić information content (AvgIpc) is 3.04. The third-order valence-corrected chi connectivity index (χ3v) is 9.14. The van der Waals surface area contributed by atoms with Crippen molar-refractivity contribution in [3.63, 3.8) is 0 Å². The van der Waals surface area contributed by atoms with Crippen LogP contribution in [0, 0.1) is 6.92 Å². The molecule has 1 aromatic carbocycles. The van der Waals surface area contributed by atoms with Crippen molar-refractivity contribution < 1.29 is 17.2 Å². The van der Waals surface area contributed by atoms with E-state index in [0.717, 1.165) is 5.56 Å². The van der Waals surface area contributed by atoms with Crippen molar-refractivity contribution in [1.82, 2.24) is 14.2 Å². The first-order valence-corrected chi connectivity index (χ1v) is 12.3. The van der Waals surface area contributed by atoms with Crippen molar-refractivity contribution in [1.29, 1.82) is 0 Å². The molecule has 0 bridgehead atoms. The van der Waals surface area contributed by atoms with Crippen LogP contribution in [-0.4, -0.2) is 39.7 Å². The molecule has 0 saturated heterocycles. The van der Waals surface area contributed by atoms with Gasteiger partial charge < -0.3 is 4.90 Å². The monoisotopic (exact) mass is 553 g/mol. The Hall–Kier alpha value is -2.27. The van der Waals surface area contributed by atoms with Gasteiger partial charge in [0, 0.05) is 42.6 Å². The highest BCUT2D eigenvalue weighted by molar-refractivity contribution is 14.1. The summed E-state index contributed by atoms with van der Waals surface area (Å²) in [6.45, 7) is 1.88. The number of nitrogens with zero attached hydrogens (tertiary/aromatic N) is 3. The average molecular weight is 553 g/mol. The van der Waals surface area contributed by atoms with Gasteiger partial charge in [0.1, 0.15) is 0 Å². The van der Waals surface area contributed by atoms with Crippen molar-refractivity contribution in [2.45, 2.75) is 28.3 Å². The second-order valence-electron chi connectivity index (χ2n) is 7.80. The van der Waals surface area contributed by atoms with Gasteiger partial charge in [0.25, 0.3) is 10.0 Å². The Morgan fingerprint density at radius 3 is 2.55 bits per heavy atom. The first-order chi connectivity index (χ1) is 14.7. The summed E-state index contributed by atoms with van der Waals surface area (Å²) in [7, 11) is -2.22. The Morgan fingerprint density at radius 1 is 1.13 bits per heavy atom. The maximum Gasteiger partial charge on any atom is 0.265 e. The molecule has 0 N–H and O–H groups in total. The number of rotatable bonds is 2. The van der Waals surface area contributed by atoms with Gasteiger partial charge in [-0.1, -0.05) is 40.3 Å². The van der Waals surface area contributed by atoms with Gasteiger partial charge in [-0.15, -0.1) is 0 Å². The quantitative estimate of drug-likeness (QED) is 0.306. The number of aromatic nitrogens is 1. The van der Waals surface area contributed by atoms with Crippen LogP contribution in [0.5, 0.6) is 0 Å². The largest absolute Gasteiger partial charge is 0.373 e.